The summed E-state index contributed by atoms with van der Waals surface area (Å²) in [6, 6.07) is 6.24. The van der Waals surface area contributed by atoms with Crippen molar-refractivity contribution in [3.63, 3.8) is 0 Å². The van der Waals surface area contributed by atoms with Gasteiger partial charge in [-0.15, -0.1) is 0 Å². The van der Waals surface area contributed by atoms with Crippen LogP contribution in [-0.4, -0.2) is 13.1 Å². The minimum Gasteiger partial charge on any atom is -0.370 e. The standard InChI is InChI=1S/C13H15ClN2/c1-10-5-6-12(11(9-15)13(10)14)16-7-3-2-4-8-16/h5-6H,2-4,7-8H2,1H3. The van der Waals surface area contributed by atoms with Crippen molar-refractivity contribution in [3.05, 3.63) is 28.3 Å². The van der Waals surface area contributed by atoms with Crippen molar-refractivity contribution >= 4 is 17.3 Å². The van der Waals surface area contributed by atoms with Crippen molar-refractivity contribution in [3.8, 4) is 6.07 Å². The number of hydrogen-bond donors (Lipinski definition) is 0. The largest absolute Gasteiger partial charge is 0.370 e. The molecule has 0 N–H and O–H groups in total. The summed E-state index contributed by atoms with van der Waals surface area (Å²) in [5.41, 5.74) is 2.60. The van der Waals surface area contributed by atoms with Crippen molar-refractivity contribution in [2.24, 2.45) is 0 Å². The first kappa shape index (κ1) is 11.3. The Labute approximate surface area is 101 Å². The van der Waals surface area contributed by atoms with Crippen LogP contribution in [0.25, 0.3) is 0 Å². The molecule has 84 valence electrons. The Morgan fingerprint density at radius 3 is 2.56 bits per heavy atom. The number of benzene rings is 1. The second-order valence-corrected chi connectivity index (χ2v) is 4.63. The number of hydrogen-bond acceptors (Lipinski definition) is 2. The molecule has 0 spiro atoms. The van der Waals surface area contributed by atoms with Gasteiger partial charge in [-0.3, -0.25) is 0 Å². The zero-order chi connectivity index (χ0) is 11.5. The van der Waals surface area contributed by atoms with Gasteiger partial charge in [-0.05, 0) is 37.8 Å². The number of anilines is 1. The average molecular weight is 235 g/mol. The van der Waals surface area contributed by atoms with Gasteiger partial charge in [0.2, 0.25) is 0 Å². The molecule has 0 radical (unpaired) electrons. The van der Waals surface area contributed by atoms with Gasteiger partial charge >= 0.3 is 0 Å². The summed E-state index contributed by atoms with van der Waals surface area (Å²) in [7, 11) is 0. The van der Waals surface area contributed by atoms with Crippen molar-refractivity contribution < 1.29 is 0 Å². The van der Waals surface area contributed by atoms with E-state index in [0.717, 1.165) is 24.3 Å². The van der Waals surface area contributed by atoms with E-state index in [1.165, 1.54) is 19.3 Å². The van der Waals surface area contributed by atoms with Crippen molar-refractivity contribution in [1.82, 2.24) is 0 Å². The maximum absolute atomic E-state index is 9.19. The lowest BCUT2D eigenvalue weighted by Crippen LogP contribution is -2.30. The monoisotopic (exact) mass is 234 g/mol. The molecule has 1 heterocycles. The van der Waals surface area contributed by atoms with Gasteiger partial charge in [0.25, 0.3) is 0 Å². The first-order chi connectivity index (χ1) is 7.74. The Hall–Kier alpha value is -1.20. The molecule has 0 aliphatic carbocycles. The third-order valence-corrected chi connectivity index (χ3v) is 3.61. The molecular weight excluding hydrogens is 220 g/mol. The Bertz CT molecular complexity index is 428. The molecule has 2 rings (SSSR count). The van der Waals surface area contributed by atoms with Crippen LogP contribution in [0.1, 0.15) is 30.4 Å². The van der Waals surface area contributed by atoms with Crippen LogP contribution in [0.15, 0.2) is 12.1 Å². The quantitative estimate of drug-likeness (QED) is 0.744. The van der Waals surface area contributed by atoms with E-state index in [0.29, 0.717) is 10.6 Å². The first-order valence-corrected chi connectivity index (χ1v) is 6.06. The minimum absolute atomic E-state index is 0.602. The van der Waals surface area contributed by atoms with Crippen LogP contribution in [0, 0.1) is 18.3 Å². The smallest absolute Gasteiger partial charge is 0.103 e. The molecule has 0 aromatic heterocycles. The van der Waals surface area contributed by atoms with Gasteiger partial charge in [-0.2, -0.15) is 5.26 Å². The maximum atomic E-state index is 9.19. The molecule has 2 nitrogen and oxygen atoms in total. The fraction of sp³-hybridized carbons (Fsp3) is 0.462. The number of aryl methyl sites for hydroxylation is 1. The van der Waals surface area contributed by atoms with Crippen molar-refractivity contribution in [1.29, 1.82) is 5.26 Å². The third-order valence-electron chi connectivity index (χ3n) is 3.12. The van der Waals surface area contributed by atoms with E-state index in [1.54, 1.807) is 0 Å². The molecule has 1 fully saturated rings. The molecule has 0 amide bonds. The van der Waals surface area contributed by atoms with E-state index in [1.807, 2.05) is 19.1 Å². The number of halogens is 1. The van der Waals surface area contributed by atoms with Crippen molar-refractivity contribution in [2.75, 3.05) is 18.0 Å². The molecule has 0 saturated carbocycles. The molecule has 1 aromatic carbocycles. The molecular formula is C13H15ClN2. The first-order valence-electron chi connectivity index (χ1n) is 5.68. The van der Waals surface area contributed by atoms with Gasteiger partial charge in [-0.25, -0.2) is 0 Å². The zero-order valence-electron chi connectivity index (χ0n) is 9.46. The summed E-state index contributed by atoms with van der Waals surface area (Å²) in [5.74, 6) is 0. The van der Waals surface area contributed by atoms with E-state index in [9.17, 15) is 5.26 Å². The predicted molar refractivity (Wildman–Crippen MR) is 67.0 cm³/mol. The molecule has 1 saturated heterocycles. The lowest BCUT2D eigenvalue weighted by molar-refractivity contribution is 0.577. The lowest BCUT2D eigenvalue weighted by atomic mass is 10.1. The Kier molecular flexibility index (Phi) is 3.36. The molecule has 1 aliphatic rings. The highest BCUT2D eigenvalue weighted by molar-refractivity contribution is 6.33. The Balaban J connectivity index is 2.40. The van der Waals surface area contributed by atoms with E-state index >= 15 is 0 Å². The van der Waals surface area contributed by atoms with Gasteiger partial charge in [0, 0.05) is 13.1 Å². The maximum Gasteiger partial charge on any atom is 0.103 e. The molecule has 0 atom stereocenters. The van der Waals surface area contributed by atoms with E-state index < -0.39 is 0 Å². The Morgan fingerprint density at radius 2 is 1.94 bits per heavy atom. The summed E-state index contributed by atoms with van der Waals surface area (Å²) in [4.78, 5) is 2.27. The van der Waals surface area contributed by atoms with E-state index in [2.05, 4.69) is 11.0 Å². The fourth-order valence-corrected chi connectivity index (χ4v) is 2.38. The number of nitrogens with zero attached hydrogens (tertiary/aromatic N) is 2. The average Bonchev–Trinajstić information content (AvgIpc) is 2.33. The second-order valence-electron chi connectivity index (χ2n) is 4.25. The highest BCUT2D eigenvalue weighted by Crippen LogP contribution is 2.31. The summed E-state index contributed by atoms with van der Waals surface area (Å²) in [6.45, 7) is 4.01. The fourth-order valence-electron chi connectivity index (χ4n) is 2.17. The number of rotatable bonds is 1. The van der Waals surface area contributed by atoms with Crippen molar-refractivity contribution in [2.45, 2.75) is 26.2 Å². The van der Waals surface area contributed by atoms with Gasteiger partial charge in [0.15, 0.2) is 0 Å². The Morgan fingerprint density at radius 1 is 1.25 bits per heavy atom. The normalized spacial score (nSPS) is 15.9. The summed E-state index contributed by atoms with van der Waals surface area (Å²) in [6.07, 6.45) is 3.70. The molecule has 3 heteroatoms. The van der Waals surface area contributed by atoms with Gasteiger partial charge in [0.05, 0.1) is 16.3 Å². The van der Waals surface area contributed by atoms with Crippen LogP contribution in [0.5, 0.6) is 0 Å². The van der Waals surface area contributed by atoms with Crippen LogP contribution in [0.4, 0.5) is 5.69 Å². The van der Waals surface area contributed by atoms with Crippen LogP contribution in [-0.2, 0) is 0 Å². The molecule has 1 aliphatic heterocycles. The number of nitriles is 1. The van der Waals surface area contributed by atoms with Gasteiger partial charge in [0.1, 0.15) is 6.07 Å². The lowest BCUT2D eigenvalue weighted by Gasteiger charge is -2.29. The van der Waals surface area contributed by atoms with Crippen LogP contribution < -0.4 is 4.90 Å². The second kappa shape index (κ2) is 4.76. The third kappa shape index (κ3) is 2.01. The highest BCUT2D eigenvalue weighted by Gasteiger charge is 2.17. The molecule has 0 bridgehead atoms. The number of piperidine rings is 1. The van der Waals surface area contributed by atoms with Crippen LogP contribution in [0.3, 0.4) is 0 Å². The predicted octanol–water partition coefficient (Wildman–Crippen LogP) is 3.51. The zero-order valence-corrected chi connectivity index (χ0v) is 10.2. The van der Waals surface area contributed by atoms with Gasteiger partial charge < -0.3 is 4.90 Å². The summed E-state index contributed by atoms with van der Waals surface area (Å²) >= 11 is 6.17. The van der Waals surface area contributed by atoms with Gasteiger partial charge in [-0.1, -0.05) is 17.7 Å². The summed E-state index contributed by atoms with van der Waals surface area (Å²) < 4.78 is 0. The summed E-state index contributed by atoms with van der Waals surface area (Å²) in [5, 5.41) is 9.80. The molecule has 0 unspecified atom stereocenters. The SMILES string of the molecule is Cc1ccc(N2CCCCC2)c(C#N)c1Cl. The van der Waals surface area contributed by atoms with Crippen LogP contribution in [0.2, 0.25) is 5.02 Å². The van der Waals surface area contributed by atoms with Crippen LogP contribution >= 0.6 is 11.6 Å². The minimum atomic E-state index is 0.602. The van der Waals surface area contributed by atoms with E-state index in [4.69, 9.17) is 11.6 Å². The molecule has 1 aromatic rings. The topological polar surface area (TPSA) is 27.0 Å². The van der Waals surface area contributed by atoms with E-state index in [-0.39, 0.29) is 0 Å². The highest BCUT2D eigenvalue weighted by atomic mass is 35.5. The molecule has 16 heavy (non-hydrogen) atoms.